The molecule has 0 spiro atoms. The number of hydrogen-bond donors (Lipinski definition) is 0. The summed E-state index contributed by atoms with van der Waals surface area (Å²) in [5.41, 5.74) is 0. The molecule has 0 rings (SSSR count). The summed E-state index contributed by atoms with van der Waals surface area (Å²) in [6, 6.07) is 0. The Morgan fingerprint density at radius 2 is 1.19 bits per heavy atom. The molecular formula is C14H27O2. The van der Waals surface area contributed by atoms with E-state index in [0.29, 0.717) is 0 Å². The van der Waals surface area contributed by atoms with Crippen LogP contribution in [0.4, 0.5) is 0 Å². The third-order valence-corrected chi connectivity index (χ3v) is 2.77. The summed E-state index contributed by atoms with van der Waals surface area (Å²) in [5.74, 6) is 0. The Balaban J connectivity index is 2.85. The third-order valence-electron chi connectivity index (χ3n) is 2.77. The van der Waals surface area contributed by atoms with Gasteiger partial charge in [-0.15, -0.1) is 0 Å². The normalized spacial score (nSPS) is 10.3. The van der Waals surface area contributed by atoms with Crippen LogP contribution in [0.5, 0.6) is 0 Å². The predicted molar refractivity (Wildman–Crippen MR) is 67.9 cm³/mol. The lowest BCUT2D eigenvalue weighted by Gasteiger charge is -2.02. The minimum absolute atomic E-state index is 0.104. The lowest BCUT2D eigenvalue weighted by atomic mass is 10.1. The van der Waals surface area contributed by atoms with E-state index in [1.807, 2.05) is 0 Å². The van der Waals surface area contributed by atoms with Gasteiger partial charge < -0.3 is 4.74 Å². The van der Waals surface area contributed by atoms with Crippen molar-refractivity contribution in [2.24, 2.45) is 0 Å². The molecule has 1 radical (unpaired) electrons. The highest BCUT2D eigenvalue weighted by atomic mass is 16.5. The van der Waals surface area contributed by atoms with Crippen LogP contribution < -0.4 is 0 Å². The topological polar surface area (TPSA) is 29.1 Å². The molecule has 0 saturated carbocycles. The SMILES string of the molecule is C=COCCCCCCCCCCCC[O]. The molecule has 0 saturated heterocycles. The van der Waals surface area contributed by atoms with Gasteiger partial charge in [0.2, 0.25) is 0 Å². The highest BCUT2D eigenvalue weighted by Crippen LogP contribution is 2.10. The maximum atomic E-state index is 10.2. The average Bonchev–Trinajstić information content (AvgIpc) is 2.31. The van der Waals surface area contributed by atoms with E-state index in [9.17, 15) is 5.11 Å². The number of hydrogen-bond acceptors (Lipinski definition) is 1. The fourth-order valence-electron chi connectivity index (χ4n) is 1.79. The highest BCUT2D eigenvalue weighted by molar-refractivity contribution is 4.50. The van der Waals surface area contributed by atoms with Crippen molar-refractivity contribution >= 4 is 0 Å². The largest absolute Gasteiger partial charge is 0.502 e. The van der Waals surface area contributed by atoms with E-state index in [4.69, 9.17) is 4.74 Å². The first-order chi connectivity index (χ1) is 7.91. The summed E-state index contributed by atoms with van der Waals surface area (Å²) >= 11 is 0. The molecule has 16 heavy (non-hydrogen) atoms. The van der Waals surface area contributed by atoms with Gasteiger partial charge in [0.25, 0.3) is 0 Å². The van der Waals surface area contributed by atoms with Gasteiger partial charge in [-0.1, -0.05) is 57.9 Å². The molecule has 0 aromatic heterocycles. The second kappa shape index (κ2) is 14.5. The van der Waals surface area contributed by atoms with Crippen molar-refractivity contribution in [2.45, 2.75) is 64.2 Å². The van der Waals surface area contributed by atoms with E-state index >= 15 is 0 Å². The van der Waals surface area contributed by atoms with Crippen molar-refractivity contribution in [3.8, 4) is 0 Å². The zero-order valence-electron chi connectivity index (χ0n) is 10.6. The summed E-state index contributed by atoms with van der Waals surface area (Å²) in [6.07, 6.45) is 13.8. The first kappa shape index (κ1) is 15.5. The quantitative estimate of drug-likeness (QED) is 0.337. The third kappa shape index (κ3) is 13.5. The van der Waals surface area contributed by atoms with Crippen LogP contribution in [0.3, 0.4) is 0 Å². The van der Waals surface area contributed by atoms with Gasteiger partial charge in [-0.3, -0.25) is 0 Å². The second-order valence-electron chi connectivity index (χ2n) is 4.28. The minimum atomic E-state index is 0.104. The molecule has 0 fully saturated rings. The lowest BCUT2D eigenvalue weighted by Crippen LogP contribution is -1.88. The Labute approximate surface area is 101 Å². The summed E-state index contributed by atoms with van der Waals surface area (Å²) in [5, 5.41) is 10.2. The molecule has 0 aliphatic rings. The smallest absolute Gasteiger partial charge is 0.0873 e. The summed E-state index contributed by atoms with van der Waals surface area (Å²) in [6.45, 7) is 4.43. The molecule has 0 atom stereocenters. The van der Waals surface area contributed by atoms with Crippen LogP contribution in [-0.4, -0.2) is 13.2 Å². The molecule has 0 unspecified atom stereocenters. The van der Waals surface area contributed by atoms with E-state index in [1.165, 1.54) is 51.2 Å². The van der Waals surface area contributed by atoms with E-state index < -0.39 is 0 Å². The Morgan fingerprint density at radius 1 is 0.750 bits per heavy atom. The van der Waals surface area contributed by atoms with E-state index in [0.717, 1.165) is 25.9 Å². The standard InChI is InChI=1S/C14H27O2/c1-2-16-14-12-10-8-6-4-3-5-7-9-11-13-15/h2H,1,3-14H2. The molecule has 0 bridgehead atoms. The molecule has 95 valence electrons. The van der Waals surface area contributed by atoms with E-state index in [2.05, 4.69) is 6.58 Å². The maximum Gasteiger partial charge on any atom is 0.0873 e. The Bertz CT molecular complexity index is 135. The molecule has 0 aromatic carbocycles. The monoisotopic (exact) mass is 227 g/mol. The maximum absolute atomic E-state index is 10.2. The molecule has 0 aliphatic heterocycles. The number of rotatable bonds is 13. The average molecular weight is 227 g/mol. The van der Waals surface area contributed by atoms with Crippen molar-refractivity contribution < 1.29 is 9.84 Å². The van der Waals surface area contributed by atoms with Gasteiger partial charge in [-0.05, 0) is 12.8 Å². The van der Waals surface area contributed by atoms with Crippen LogP contribution in [-0.2, 0) is 9.84 Å². The lowest BCUT2D eigenvalue weighted by molar-refractivity contribution is 0.186. The summed E-state index contributed by atoms with van der Waals surface area (Å²) in [7, 11) is 0. The predicted octanol–water partition coefficient (Wildman–Crippen LogP) is 4.48. The zero-order chi connectivity index (χ0) is 11.9. The minimum Gasteiger partial charge on any atom is -0.502 e. The second-order valence-corrected chi connectivity index (χ2v) is 4.28. The van der Waals surface area contributed by atoms with Gasteiger partial charge in [0.1, 0.15) is 0 Å². The van der Waals surface area contributed by atoms with Crippen molar-refractivity contribution in [1.82, 2.24) is 0 Å². The molecule has 2 nitrogen and oxygen atoms in total. The van der Waals surface area contributed by atoms with Crippen LogP contribution in [0, 0.1) is 0 Å². The van der Waals surface area contributed by atoms with E-state index in [1.54, 1.807) is 0 Å². The molecule has 0 aromatic rings. The van der Waals surface area contributed by atoms with Crippen LogP contribution in [0.25, 0.3) is 0 Å². The Kier molecular flexibility index (Phi) is 14.0. The summed E-state index contributed by atoms with van der Waals surface area (Å²) < 4.78 is 5.05. The number of ether oxygens (including phenoxy) is 1. The van der Waals surface area contributed by atoms with E-state index in [-0.39, 0.29) is 6.61 Å². The molecule has 0 amide bonds. The van der Waals surface area contributed by atoms with Gasteiger partial charge in [0.05, 0.1) is 19.5 Å². The summed E-state index contributed by atoms with van der Waals surface area (Å²) in [4.78, 5) is 0. The molecule has 0 aliphatic carbocycles. The van der Waals surface area contributed by atoms with Crippen molar-refractivity contribution in [2.75, 3.05) is 13.2 Å². The van der Waals surface area contributed by atoms with Gasteiger partial charge in [0.15, 0.2) is 0 Å². The van der Waals surface area contributed by atoms with Crippen LogP contribution in [0.1, 0.15) is 64.2 Å². The first-order valence-electron chi connectivity index (χ1n) is 6.72. The molecular weight excluding hydrogens is 200 g/mol. The van der Waals surface area contributed by atoms with Crippen LogP contribution in [0.15, 0.2) is 12.8 Å². The van der Waals surface area contributed by atoms with Crippen LogP contribution in [0.2, 0.25) is 0 Å². The van der Waals surface area contributed by atoms with Gasteiger partial charge >= 0.3 is 0 Å². The number of unbranched alkanes of at least 4 members (excludes halogenated alkanes) is 9. The van der Waals surface area contributed by atoms with Gasteiger partial charge in [-0.25, -0.2) is 5.11 Å². The Hall–Kier alpha value is -0.500. The van der Waals surface area contributed by atoms with Crippen LogP contribution >= 0.6 is 0 Å². The molecule has 0 heterocycles. The Morgan fingerprint density at radius 3 is 1.62 bits per heavy atom. The van der Waals surface area contributed by atoms with Crippen molar-refractivity contribution in [1.29, 1.82) is 0 Å². The fourth-order valence-corrected chi connectivity index (χ4v) is 1.79. The van der Waals surface area contributed by atoms with Gasteiger partial charge in [-0.2, -0.15) is 0 Å². The van der Waals surface area contributed by atoms with Gasteiger partial charge in [0, 0.05) is 0 Å². The van der Waals surface area contributed by atoms with Crippen molar-refractivity contribution in [3.63, 3.8) is 0 Å². The first-order valence-corrected chi connectivity index (χ1v) is 6.72. The highest BCUT2D eigenvalue weighted by Gasteiger charge is 1.92. The molecule has 0 N–H and O–H groups in total. The molecule has 2 heteroatoms. The zero-order valence-corrected chi connectivity index (χ0v) is 10.6. The van der Waals surface area contributed by atoms with Crippen molar-refractivity contribution in [3.05, 3.63) is 12.8 Å². The fraction of sp³-hybridized carbons (Fsp3) is 0.857.